The highest BCUT2D eigenvalue weighted by Crippen LogP contribution is 2.04. The Hall–Kier alpha value is -2.17. The van der Waals surface area contributed by atoms with Gasteiger partial charge in [-0.2, -0.15) is 4.98 Å². The predicted molar refractivity (Wildman–Crippen MR) is 67.7 cm³/mol. The Kier molecular flexibility index (Phi) is 3.14. The molecule has 0 N–H and O–H groups in total. The molecular formula is C13H15N3O2. The average molecular weight is 245 g/mol. The topological polar surface area (TPSA) is 56.9 Å². The number of aryl methyl sites for hydroxylation is 3. The van der Waals surface area contributed by atoms with Crippen molar-refractivity contribution in [2.24, 2.45) is 7.05 Å². The minimum atomic E-state index is -0.378. The van der Waals surface area contributed by atoms with Crippen LogP contribution in [0.2, 0.25) is 0 Å². The number of rotatable bonds is 3. The SMILES string of the molecule is Cc1cc(C)n(CC(=O)c2ccn(C)c2)c(=O)n1. The largest absolute Gasteiger partial charge is 0.357 e. The van der Waals surface area contributed by atoms with Gasteiger partial charge in [-0.3, -0.25) is 9.36 Å². The molecule has 5 nitrogen and oxygen atoms in total. The van der Waals surface area contributed by atoms with Gasteiger partial charge in [0.05, 0.1) is 6.54 Å². The van der Waals surface area contributed by atoms with Gasteiger partial charge in [0.15, 0.2) is 5.78 Å². The summed E-state index contributed by atoms with van der Waals surface area (Å²) in [7, 11) is 1.85. The van der Waals surface area contributed by atoms with Crippen molar-refractivity contribution in [2.75, 3.05) is 0 Å². The number of Topliss-reactive ketones (excluding diaryl/α,β-unsaturated/α-hetero) is 1. The smallest absolute Gasteiger partial charge is 0.348 e. The standard InChI is InChI=1S/C13H15N3O2/c1-9-6-10(2)16(13(18)14-9)8-12(17)11-4-5-15(3)7-11/h4-7H,8H2,1-3H3. The number of hydrogen-bond acceptors (Lipinski definition) is 3. The molecule has 0 aliphatic carbocycles. The molecule has 94 valence electrons. The first-order valence-corrected chi connectivity index (χ1v) is 5.67. The van der Waals surface area contributed by atoms with E-state index in [9.17, 15) is 9.59 Å². The molecule has 0 unspecified atom stereocenters. The van der Waals surface area contributed by atoms with Crippen molar-refractivity contribution in [3.8, 4) is 0 Å². The fourth-order valence-corrected chi connectivity index (χ4v) is 1.87. The molecule has 0 saturated carbocycles. The lowest BCUT2D eigenvalue weighted by atomic mass is 10.2. The van der Waals surface area contributed by atoms with Gasteiger partial charge in [0, 0.05) is 36.4 Å². The van der Waals surface area contributed by atoms with Crippen LogP contribution in [-0.4, -0.2) is 19.9 Å². The zero-order valence-electron chi connectivity index (χ0n) is 10.7. The Morgan fingerprint density at radius 2 is 2.11 bits per heavy atom. The Morgan fingerprint density at radius 3 is 2.67 bits per heavy atom. The Balaban J connectivity index is 2.30. The van der Waals surface area contributed by atoms with Crippen molar-refractivity contribution < 1.29 is 4.79 Å². The van der Waals surface area contributed by atoms with E-state index >= 15 is 0 Å². The first-order chi connectivity index (χ1) is 8.47. The molecule has 2 heterocycles. The minimum absolute atomic E-state index is 0.0297. The van der Waals surface area contributed by atoms with E-state index < -0.39 is 0 Å². The second-order valence-corrected chi connectivity index (χ2v) is 4.40. The molecule has 0 bridgehead atoms. The maximum atomic E-state index is 12.0. The van der Waals surface area contributed by atoms with Gasteiger partial charge in [-0.1, -0.05) is 0 Å². The van der Waals surface area contributed by atoms with Crippen LogP contribution in [0.1, 0.15) is 21.7 Å². The van der Waals surface area contributed by atoms with Gasteiger partial charge < -0.3 is 4.57 Å². The highest BCUT2D eigenvalue weighted by Gasteiger charge is 2.11. The molecule has 0 aromatic carbocycles. The Morgan fingerprint density at radius 1 is 1.39 bits per heavy atom. The molecule has 0 aliphatic rings. The van der Waals surface area contributed by atoms with Crippen LogP contribution in [0.4, 0.5) is 0 Å². The van der Waals surface area contributed by atoms with Gasteiger partial charge in [-0.15, -0.1) is 0 Å². The summed E-state index contributed by atoms with van der Waals surface area (Å²) in [5.74, 6) is -0.0912. The first kappa shape index (κ1) is 12.3. The predicted octanol–water partition coefficient (Wildman–Crippen LogP) is 1.08. The summed E-state index contributed by atoms with van der Waals surface area (Å²) in [6.07, 6.45) is 3.54. The van der Waals surface area contributed by atoms with Crippen molar-refractivity contribution in [3.63, 3.8) is 0 Å². The van der Waals surface area contributed by atoms with E-state index in [1.807, 2.05) is 7.05 Å². The van der Waals surface area contributed by atoms with Crippen LogP contribution in [-0.2, 0) is 13.6 Å². The third kappa shape index (κ3) is 2.40. The van der Waals surface area contributed by atoms with E-state index in [1.165, 1.54) is 4.57 Å². The van der Waals surface area contributed by atoms with E-state index in [1.54, 1.807) is 42.9 Å². The number of nitrogens with zero attached hydrogens (tertiary/aromatic N) is 3. The number of ketones is 1. The van der Waals surface area contributed by atoms with Gasteiger partial charge in [0.1, 0.15) is 0 Å². The van der Waals surface area contributed by atoms with Crippen molar-refractivity contribution in [3.05, 3.63) is 52.0 Å². The van der Waals surface area contributed by atoms with E-state index in [4.69, 9.17) is 0 Å². The van der Waals surface area contributed by atoms with Gasteiger partial charge in [-0.25, -0.2) is 4.79 Å². The molecule has 2 aromatic rings. The first-order valence-electron chi connectivity index (χ1n) is 5.67. The molecule has 0 spiro atoms. The van der Waals surface area contributed by atoms with E-state index in [-0.39, 0.29) is 18.0 Å². The fourth-order valence-electron chi connectivity index (χ4n) is 1.87. The van der Waals surface area contributed by atoms with Gasteiger partial charge in [-0.05, 0) is 26.0 Å². The summed E-state index contributed by atoms with van der Waals surface area (Å²) in [4.78, 5) is 27.6. The van der Waals surface area contributed by atoms with Crippen LogP contribution in [0.25, 0.3) is 0 Å². The van der Waals surface area contributed by atoms with Crippen LogP contribution in [0.3, 0.4) is 0 Å². The highest BCUT2D eigenvalue weighted by atomic mass is 16.2. The number of carbonyl (C=O) groups is 1. The summed E-state index contributed by atoms with van der Waals surface area (Å²) in [5.41, 5.74) is 1.64. The molecule has 2 aromatic heterocycles. The monoisotopic (exact) mass is 245 g/mol. The highest BCUT2D eigenvalue weighted by molar-refractivity contribution is 5.95. The summed E-state index contributed by atoms with van der Waals surface area (Å²) < 4.78 is 3.19. The van der Waals surface area contributed by atoms with E-state index in [0.717, 1.165) is 5.69 Å². The van der Waals surface area contributed by atoms with Crippen molar-refractivity contribution in [1.82, 2.24) is 14.1 Å². The van der Waals surface area contributed by atoms with Crippen LogP contribution in [0.15, 0.2) is 29.3 Å². The lowest BCUT2D eigenvalue weighted by Gasteiger charge is -2.08. The lowest BCUT2D eigenvalue weighted by molar-refractivity contribution is 0.0969. The second kappa shape index (κ2) is 4.60. The van der Waals surface area contributed by atoms with Crippen molar-refractivity contribution in [2.45, 2.75) is 20.4 Å². The molecule has 5 heteroatoms. The minimum Gasteiger partial charge on any atom is -0.357 e. The molecule has 0 saturated heterocycles. The average Bonchev–Trinajstić information content (AvgIpc) is 2.70. The summed E-state index contributed by atoms with van der Waals surface area (Å²) in [6.45, 7) is 3.59. The van der Waals surface area contributed by atoms with E-state index in [2.05, 4.69) is 4.98 Å². The summed E-state index contributed by atoms with van der Waals surface area (Å²) in [5, 5.41) is 0. The molecule has 0 amide bonds. The molecular weight excluding hydrogens is 230 g/mol. The normalized spacial score (nSPS) is 10.6. The molecule has 0 fully saturated rings. The number of aromatic nitrogens is 3. The van der Waals surface area contributed by atoms with Gasteiger partial charge >= 0.3 is 5.69 Å². The van der Waals surface area contributed by atoms with Crippen molar-refractivity contribution >= 4 is 5.78 Å². The third-order valence-corrected chi connectivity index (χ3v) is 2.80. The zero-order chi connectivity index (χ0) is 13.3. The molecule has 2 rings (SSSR count). The van der Waals surface area contributed by atoms with Crippen LogP contribution >= 0.6 is 0 Å². The lowest BCUT2D eigenvalue weighted by Crippen LogP contribution is -2.28. The maximum Gasteiger partial charge on any atom is 0.348 e. The summed E-state index contributed by atoms with van der Waals surface area (Å²) in [6, 6.07) is 3.53. The summed E-state index contributed by atoms with van der Waals surface area (Å²) >= 11 is 0. The number of hydrogen-bond donors (Lipinski definition) is 0. The Bertz CT molecular complexity index is 652. The van der Waals surface area contributed by atoms with E-state index in [0.29, 0.717) is 11.3 Å². The zero-order valence-corrected chi connectivity index (χ0v) is 10.7. The maximum absolute atomic E-state index is 12.0. The quantitative estimate of drug-likeness (QED) is 0.760. The molecule has 0 radical (unpaired) electrons. The van der Waals surface area contributed by atoms with Gasteiger partial charge in [0.25, 0.3) is 0 Å². The molecule has 18 heavy (non-hydrogen) atoms. The Labute approximate surface area is 105 Å². The van der Waals surface area contributed by atoms with Crippen LogP contribution in [0, 0.1) is 13.8 Å². The van der Waals surface area contributed by atoms with Gasteiger partial charge in [0.2, 0.25) is 0 Å². The third-order valence-electron chi connectivity index (χ3n) is 2.80. The second-order valence-electron chi connectivity index (χ2n) is 4.40. The molecule has 0 aliphatic heterocycles. The van der Waals surface area contributed by atoms with Crippen LogP contribution in [0.5, 0.6) is 0 Å². The number of carbonyl (C=O) groups excluding carboxylic acids is 1. The fraction of sp³-hybridized carbons (Fsp3) is 0.308. The van der Waals surface area contributed by atoms with Crippen LogP contribution < -0.4 is 5.69 Å². The van der Waals surface area contributed by atoms with Crippen molar-refractivity contribution in [1.29, 1.82) is 0 Å². The molecule has 0 atom stereocenters.